The maximum absolute atomic E-state index is 6.90. The van der Waals surface area contributed by atoms with E-state index in [9.17, 15) is 0 Å². The first kappa shape index (κ1) is 25.1. The number of benzene rings is 5. The van der Waals surface area contributed by atoms with E-state index in [0.29, 0.717) is 6.54 Å². The minimum atomic E-state index is -0.0529. The van der Waals surface area contributed by atoms with Crippen molar-refractivity contribution in [3.05, 3.63) is 143 Å². The predicted octanol–water partition coefficient (Wildman–Crippen LogP) is 10.5. The van der Waals surface area contributed by atoms with Gasteiger partial charge in [-0.15, -0.1) is 0 Å². The van der Waals surface area contributed by atoms with Crippen molar-refractivity contribution in [3.8, 4) is 33.8 Å². The van der Waals surface area contributed by atoms with Gasteiger partial charge in [-0.2, -0.15) is 0 Å². The van der Waals surface area contributed by atoms with Crippen LogP contribution in [0.4, 0.5) is 5.69 Å². The molecule has 1 aliphatic carbocycles. The van der Waals surface area contributed by atoms with Crippen molar-refractivity contribution < 1.29 is 4.74 Å². The van der Waals surface area contributed by atoms with E-state index in [0.717, 1.165) is 50.3 Å². The highest BCUT2D eigenvalue weighted by molar-refractivity contribution is 6.08. The van der Waals surface area contributed by atoms with Gasteiger partial charge < -0.3 is 10.1 Å². The summed E-state index contributed by atoms with van der Waals surface area (Å²) < 4.78 is 6.90. The molecule has 1 N–H and O–H groups in total. The molecular formula is C41H30N2O. The molecule has 3 nitrogen and oxygen atoms in total. The third-order valence-corrected chi connectivity index (χ3v) is 9.55. The zero-order chi connectivity index (χ0) is 29.4. The van der Waals surface area contributed by atoms with Gasteiger partial charge >= 0.3 is 0 Å². The Kier molecular flexibility index (Phi) is 5.31. The molecule has 44 heavy (non-hydrogen) atoms. The van der Waals surface area contributed by atoms with E-state index in [1.54, 1.807) is 0 Å². The Labute approximate surface area is 257 Å². The van der Waals surface area contributed by atoms with Crippen molar-refractivity contribution in [2.75, 3.05) is 11.9 Å². The highest BCUT2D eigenvalue weighted by Crippen LogP contribution is 2.52. The Morgan fingerprint density at radius 1 is 0.682 bits per heavy atom. The third-order valence-electron chi connectivity index (χ3n) is 9.55. The smallest absolute Gasteiger partial charge is 0.142 e. The van der Waals surface area contributed by atoms with Crippen LogP contribution in [-0.4, -0.2) is 11.5 Å². The van der Waals surface area contributed by atoms with Crippen LogP contribution in [0.25, 0.3) is 57.0 Å². The summed E-state index contributed by atoms with van der Waals surface area (Å²) in [5.41, 5.74) is 15.3. The summed E-state index contributed by atoms with van der Waals surface area (Å²) in [7, 11) is 0. The molecule has 1 aromatic heterocycles. The second-order valence-corrected chi connectivity index (χ2v) is 12.4. The van der Waals surface area contributed by atoms with Gasteiger partial charge in [-0.25, -0.2) is 0 Å². The minimum absolute atomic E-state index is 0.0529. The molecule has 3 heteroatoms. The van der Waals surface area contributed by atoms with Crippen LogP contribution in [0.5, 0.6) is 11.5 Å². The summed E-state index contributed by atoms with van der Waals surface area (Å²) in [5.74, 6) is 1.79. The highest BCUT2D eigenvalue weighted by Gasteiger charge is 2.36. The van der Waals surface area contributed by atoms with Crippen LogP contribution in [0.1, 0.15) is 47.2 Å². The number of aromatic nitrogens is 1. The normalized spacial score (nSPS) is 15.1. The van der Waals surface area contributed by atoms with Crippen LogP contribution < -0.4 is 10.1 Å². The summed E-state index contributed by atoms with van der Waals surface area (Å²) in [5, 5.41) is 4.87. The zero-order valence-electron chi connectivity index (χ0n) is 24.7. The van der Waals surface area contributed by atoms with Gasteiger partial charge in [-0.3, -0.25) is 4.98 Å². The van der Waals surface area contributed by atoms with Crippen LogP contribution in [0.2, 0.25) is 0 Å². The molecule has 0 unspecified atom stereocenters. The van der Waals surface area contributed by atoms with Crippen molar-refractivity contribution in [3.63, 3.8) is 0 Å². The molecule has 6 aromatic rings. The summed E-state index contributed by atoms with van der Waals surface area (Å²) in [6.07, 6.45) is 8.59. The molecule has 0 radical (unpaired) electrons. The first-order chi connectivity index (χ1) is 21.6. The molecule has 0 fully saturated rings. The molecule has 9 rings (SSSR count). The first-order valence-corrected chi connectivity index (χ1v) is 15.3. The number of rotatable bonds is 2. The number of nitrogens with zero attached hydrogens (tertiary/aromatic N) is 1. The molecule has 0 spiro atoms. The van der Waals surface area contributed by atoms with Gasteiger partial charge in [-0.1, -0.05) is 105 Å². The molecule has 3 heterocycles. The van der Waals surface area contributed by atoms with Crippen LogP contribution in [0, 0.1) is 0 Å². The van der Waals surface area contributed by atoms with E-state index < -0.39 is 0 Å². The monoisotopic (exact) mass is 566 g/mol. The lowest BCUT2D eigenvalue weighted by Gasteiger charge is -2.24. The van der Waals surface area contributed by atoms with Crippen molar-refractivity contribution in [2.45, 2.75) is 19.3 Å². The molecule has 5 aromatic carbocycles. The fourth-order valence-electron chi connectivity index (χ4n) is 7.32. The van der Waals surface area contributed by atoms with Gasteiger partial charge in [0.15, 0.2) is 0 Å². The second kappa shape index (κ2) is 9.29. The quantitative estimate of drug-likeness (QED) is 0.226. The zero-order valence-corrected chi connectivity index (χ0v) is 24.7. The summed E-state index contributed by atoms with van der Waals surface area (Å²) >= 11 is 0. The average molecular weight is 567 g/mol. The van der Waals surface area contributed by atoms with Crippen LogP contribution in [0.3, 0.4) is 0 Å². The van der Waals surface area contributed by atoms with E-state index in [2.05, 4.69) is 134 Å². The largest absolute Gasteiger partial charge is 0.455 e. The third kappa shape index (κ3) is 3.66. The van der Waals surface area contributed by atoms with Gasteiger partial charge in [0.1, 0.15) is 11.5 Å². The Morgan fingerprint density at radius 3 is 2.41 bits per heavy atom. The summed E-state index contributed by atoms with van der Waals surface area (Å²) in [4.78, 5) is 4.82. The van der Waals surface area contributed by atoms with Crippen molar-refractivity contribution >= 4 is 40.4 Å². The minimum Gasteiger partial charge on any atom is -0.455 e. The lowest BCUT2D eigenvalue weighted by molar-refractivity contribution is 0.479. The van der Waals surface area contributed by atoms with E-state index >= 15 is 0 Å². The SMILES string of the molecule is CC1(C)c2ccccc2-c2cc3c(cc21)C=Cc1cccc(C2=Cc4cc(-c5ccccc5)c5cccnc5c4NC2)c1O3. The Hall–Kier alpha value is -5.41. The lowest BCUT2D eigenvalue weighted by atomic mass is 9.82. The Balaban J connectivity index is 1.18. The number of fused-ring (bicyclic) bond motifs is 8. The first-order valence-electron chi connectivity index (χ1n) is 15.3. The highest BCUT2D eigenvalue weighted by atomic mass is 16.5. The van der Waals surface area contributed by atoms with E-state index in [1.165, 1.54) is 39.0 Å². The van der Waals surface area contributed by atoms with E-state index in [4.69, 9.17) is 9.72 Å². The molecule has 0 atom stereocenters. The Bertz CT molecular complexity index is 2220. The molecule has 0 amide bonds. The lowest BCUT2D eigenvalue weighted by Crippen LogP contribution is -2.15. The standard InChI is InChI=1S/C41H30N2O/c1-41(2)35-16-7-6-13-31(35)34-23-37-27(22-36(34)41)18-17-26-12-8-14-30(40(26)44-37)29-20-28-21-33(25-10-4-3-5-11-25)32-15-9-19-42-39(32)38(28)43-24-29/h3-23,43H,24H2,1-2H3. The number of para-hydroxylation sites is 1. The van der Waals surface area contributed by atoms with Crippen LogP contribution >= 0.6 is 0 Å². The molecule has 210 valence electrons. The summed E-state index contributed by atoms with van der Waals surface area (Å²) in [6.45, 7) is 5.33. The average Bonchev–Trinajstić information content (AvgIpc) is 3.17. The van der Waals surface area contributed by atoms with E-state index in [-0.39, 0.29) is 5.41 Å². The van der Waals surface area contributed by atoms with Crippen LogP contribution in [0.15, 0.2) is 109 Å². The van der Waals surface area contributed by atoms with Crippen molar-refractivity contribution in [2.24, 2.45) is 0 Å². The Morgan fingerprint density at radius 2 is 1.50 bits per heavy atom. The van der Waals surface area contributed by atoms with Gasteiger partial charge in [-0.05, 0) is 69.3 Å². The molecule has 0 saturated carbocycles. The van der Waals surface area contributed by atoms with Crippen LogP contribution in [-0.2, 0) is 5.41 Å². The second-order valence-electron chi connectivity index (χ2n) is 12.4. The molecule has 0 saturated heterocycles. The van der Waals surface area contributed by atoms with Crippen molar-refractivity contribution in [1.29, 1.82) is 0 Å². The number of hydrogen-bond donors (Lipinski definition) is 1. The maximum Gasteiger partial charge on any atom is 0.142 e. The molecule has 0 bridgehead atoms. The van der Waals surface area contributed by atoms with Gasteiger partial charge in [0.2, 0.25) is 0 Å². The fourth-order valence-corrected chi connectivity index (χ4v) is 7.32. The van der Waals surface area contributed by atoms with Gasteiger partial charge in [0.05, 0.1) is 11.2 Å². The number of hydrogen-bond acceptors (Lipinski definition) is 3. The van der Waals surface area contributed by atoms with Gasteiger partial charge in [0.25, 0.3) is 0 Å². The molecule has 2 aliphatic heterocycles. The number of pyridine rings is 1. The predicted molar refractivity (Wildman–Crippen MR) is 183 cm³/mol. The number of nitrogens with one attached hydrogen (secondary N) is 1. The number of ether oxygens (including phenoxy) is 1. The molecular weight excluding hydrogens is 536 g/mol. The maximum atomic E-state index is 6.90. The van der Waals surface area contributed by atoms with Gasteiger partial charge in [0, 0.05) is 45.8 Å². The number of anilines is 1. The fraction of sp³-hybridized carbons (Fsp3) is 0.0976. The van der Waals surface area contributed by atoms with Crippen molar-refractivity contribution in [1.82, 2.24) is 4.98 Å². The molecule has 3 aliphatic rings. The summed E-state index contributed by atoms with van der Waals surface area (Å²) in [6, 6.07) is 36.8. The topological polar surface area (TPSA) is 34.2 Å². The van der Waals surface area contributed by atoms with E-state index in [1.807, 2.05) is 12.3 Å².